The third kappa shape index (κ3) is 11.2. The number of carboxylic acid groups (broad SMARTS) is 1. The maximum atomic E-state index is 10.4. The molecule has 0 saturated carbocycles. The molecule has 1 atom stereocenters. The van der Waals surface area contributed by atoms with Crippen molar-refractivity contribution in [3.8, 4) is 0 Å². The van der Waals surface area contributed by atoms with Gasteiger partial charge in [-0.3, -0.25) is 0 Å². The molecule has 0 aliphatic heterocycles. The minimum atomic E-state index is -0.865. The molecule has 0 bridgehead atoms. The van der Waals surface area contributed by atoms with E-state index in [4.69, 9.17) is 5.11 Å². The summed E-state index contributed by atoms with van der Waals surface area (Å²) in [5.74, 6) is -0.543. The van der Waals surface area contributed by atoms with Gasteiger partial charge in [-0.2, -0.15) is 0 Å². The van der Waals surface area contributed by atoms with Crippen LogP contribution in [0, 0.1) is 5.92 Å². The average Bonchev–Trinajstić information content (AvgIpc) is 2.25. The number of allylic oxidation sites excluding steroid dienone is 5. The van der Waals surface area contributed by atoms with Gasteiger partial charge < -0.3 is 5.11 Å². The van der Waals surface area contributed by atoms with Crippen LogP contribution >= 0.6 is 0 Å². The number of aliphatic carboxylic acids is 1. The molecule has 2 heteroatoms. The summed E-state index contributed by atoms with van der Waals surface area (Å²) >= 11 is 0. The Hall–Kier alpha value is -1.31. The van der Waals surface area contributed by atoms with Crippen molar-refractivity contribution in [2.24, 2.45) is 5.92 Å². The molecular weight excluding hydrogens is 224 g/mol. The van der Waals surface area contributed by atoms with Gasteiger partial charge in [0.05, 0.1) is 0 Å². The number of hydrogen-bond donors (Lipinski definition) is 1. The summed E-state index contributed by atoms with van der Waals surface area (Å²) in [7, 11) is 0. The van der Waals surface area contributed by atoms with Gasteiger partial charge in [-0.1, -0.05) is 36.3 Å². The second-order valence-corrected chi connectivity index (χ2v) is 5.12. The van der Waals surface area contributed by atoms with Crippen LogP contribution in [0.25, 0.3) is 0 Å². The molecule has 0 amide bonds. The van der Waals surface area contributed by atoms with Crippen LogP contribution < -0.4 is 0 Å². The highest BCUT2D eigenvalue weighted by Gasteiger charge is 1.97. The predicted molar refractivity (Wildman–Crippen MR) is 77.6 cm³/mol. The molecule has 0 heterocycles. The second-order valence-electron chi connectivity index (χ2n) is 5.12. The lowest BCUT2D eigenvalue weighted by molar-refractivity contribution is -0.131. The maximum absolute atomic E-state index is 10.4. The van der Waals surface area contributed by atoms with E-state index in [0.717, 1.165) is 25.7 Å². The zero-order valence-corrected chi connectivity index (χ0v) is 12.1. The van der Waals surface area contributed by atoms with Gasteiger partial charge in [0.1, 0.15) is 0 Å². The molecule has 0 radical (unpaired) electrons. The van der Waals surface area contributed by atoms with E-state index in [2.05, 4.69) is 32.9 Å². The zero-order valence-electron chi connectivity index (χ0n) is 12.1. The van der Waals surface area contributed by atoms with Crippen LogP contribution in [-0.4, -0.2) is 11.1 Å². The average molecular weight is 250 g/mol. The van der Waals surface area contributed by atoms with Crippen LogP contribution in [0.4, 0.5) is 0 Å². The molecule has 0 aliphatic carbocycles. The van der Waals surface area contributed by atoms with Gasteiger partial charge in [-0.15, -0.1) is 0 Å². The molecule has 0 unspecified atom stereocenters. The first kappa shape index (κ1) is 16.7. The number of carboxylic acids is 1. The van der Waals surface area contributed by atoms with E-state index in [-0.39, 0.29) is 0 Å². The van der Waals surface area contributed by atoms with Crippen molar-refractivity contribution < 1.29 is 9.90 Å². The standard InChI is InChI=1S/C16H26O2/c1-13(2)7-5-8-14(3)9-6-10-15(4)11-12-16(17)18/h7,9,11-12,15H,5-6,8,10H2,1-4H3,(H,17,18)/b12-11+,14-9+/t15-/m0/s1. The fourth-order valence-corrected chi connectivity index (χ4v) is 1.63. The molecule has 0 rings (SSSR count). The molecule has 102 valence electrons. The Morgan fingerprint density at radius 2 is 1.83 bits per heavy atom. The molecule has 0 aromatic heterocycles. The lowest BCUT2D eigenvalue weighted by Gasteiger charge is -2.04. The van der Waals surface area contributed by atoms with Crippen LogP contribution in [0.5, 0.6) is 0 Å². The molecule has 0 aromatic rings. The second kappa shape index (κ2) is 9.69. The van der Waals surface area contributed by atoms with Gasteiger partial charge >= 0.3 is 5.97 Å². The van der Waals surface area contributed by atoms with E-state index in [9.17, 15) is 4.79 Å². The van der Waals surface area contributed by atoms with Crippen LogP contribution in [0.15, 0.2) is 35.5 Å². The molecule has 18 heavy (non-hydrogen) atoms. The van der Waals surface area contributed by atoms with Crippen LogP contribution in [-0.2, 0) is 4.79 Å². The molecule has 1 N–H and O–H groups in total. The summed E-state index contributed by atoms with van der Waals surface area (Å²) in [6, 6.07) is 0. The maximum Gasteiger partial charge on any atom is 0.327 e. The van der Waals surface area contributed by atoms with E-state index in [1.165, 1.54) is 17.2 Å². The minimum absolute atomic E-state index is 0.322. The van der Waals surface area contributed by atoms with Crippen LogP contribution in [0.3, 0.4) is 0 Å². The highest BCUT2D eigenvalue weighted by Crippen LogP contribution is 2.12. The summed E-state index contributed by atoms with van der Waals surface area (Å²) in [5.41, 5.74) is 2.79. The Morgan fingerprint density at radius 3 is 2.39 bits per heavy atom. The third-order valence-corrected chi connectivity index (χ3v) is 2.77. The SMILES string of the molecule is CC(C)=CCC/C(C)=C/CC[C@H](C)/C=C/C(=O)O. The normalized spacial score (nSPS) is 13.7. The molecule has 2 nitrogen and oxygen atoms in total. The number of carbonyl (C=O) groups is 1. The zero-order chi connectivity index (χ0) is 14.0. The largest absolute Gasteiger partial charge is 0.478 e. The Balaban J connectivity index is 3.86. The van der Waals surface area contributed by atoms with Crippen molar-refractivity contribution in [2.45, 2.75) is 53.4 Å². The Labute approximate surface area is 111 Å². The number of rotatable bonds is 8. The Bertz CT molecular complexity index is 331. The van der Waals surface area contributed by atoms with Crippen molar-refractivity contribution >= 4 is 5.97 Å². The third-order valence-electron chi connectivity index (χ3n) is 2.77. The van der Waals surface area contributed by atoms with E-state index in [0.29, 0.717) is 5.92 Å². The minimum Gasteiger partial charge on any atom is -0.478 e. The van der Waals surface area contributed by atoms with Crippen molar-refractivity contribution in [1.29, 1.82) is 0 Å². The van der Waals surface area contributed by atoms with Gasteiger partial charge in [0, 0.05) is 6.08 Å². The number of hydrogen-bond acceptors (Lipinski definition) is 1. The first-order valence-electron chi connectivity index (χ1n) is 6.62. The van der Waals surface area contributed by atoms with Crippen molar-refractivity contribution in [3.05, 3.63) is 35.5 Å². The molecule has 0 fully saturated rings. The van der Waals surface area contributed by atoms with Gasteiger partial charge in [-0.25, -0.2) is 4.79 Å². The summed E-state index contributed by atoms with van der Waals surface area (Å²) in [6.45, 7) is 8.45. The van der Waals surface area contributed by atoms with Crippen molar-refractivity contribution in [2.75, 3.05) is 0 Å². The lowest BCUT2D eigenvalue weighted by atomic mass is 10.0. The summed E-state index contributed by atoms with van der Waals surface area (Å²) in [4.78, 5) is 10.4. The van der Waals surface area contributed by atoms with Gasteiger partial charge in [0.15, 0.2) is 0 Å². The van der Waals surface area contributed by atoms with Gasteiger partial charge in [0.2, 0.25) is 0 Å². The lowest BCUT2D eigenvalue weighted by Crippen LogP contribution is -1.92. The van der Waals surface area contributed by atoms with E-state index < -0.39 is 5.97 Å². The molecule has 0 spiro atoms. The van der Waals surface area contributed by atoms with E-state index in [1.54, 1.807) is 6.08 Å². The van der Waals surface area contributed by atoms with E-state index >= 15 is 0 Å². The molecule has 0 aromatic carbocycles. The van der Waals surface area contributed by atoms with Crippen molar-refractivity contribution in [1.82, 2.24) is 0 Å². The van der Waals surface area contributed by atoms with Crippen LogP contribution in [0.2, 0.25) is 0 Å². The topological polar surface area (TPSA) is 37.3 Å². The fraction of sp³-hybridized carbons (Fsp3) is 0.562. The van der Waals surface area contributed by atoms with Gasteiger partial charge in [-0.05, 0) is 52.4 Å². The van der Waals surface area contributed by atoms with E-state index in [1.807, 2.05) is 6.92 Å². The highest BCUT2D eigenvalue weighted by molar-refractivity contribution is 5.79. The van der Waals surface area contributed by atoms with Crippen molar-refractivity contribution in [3.63, 3.8) is 0 Å². The smallest absolute Gasteiger partial charge is 0.327 e. The monoisotopic (exact) mass is 250 g/mol. The molecular formula is C16H26O2. The summed E-state index contributed by atoms with van der Waals surface area (Å²) < 4.78 is 0. The first-order chi connectivity index (χ1) is 8.41. The predicted octanol–water partition coefficient (Wildman–Crippen LogP) is 4.74. The first-order valence-corrected chi connectivity index (χ1v) is 6.62. The quantitative estimate of drug-likeness (QED) is 0.499. The highest BCUT2D eigenvalue weighted by atomic mass is 16.4. The molecule has 0 aliphatic rings. The van der Waals surface area contributed by atoms with Gasteiger partial charge in [0.25, 0.3) is 0 Å². The summed E-state index contributed by atoms with van der Waals surface area (Å²) in [5, 5.41) is 8.51. The fourth-order valence-electron chi connectivity index (χ4n) is 1.63. The summed E-state index contributed by atoms with van der Waals surface area (Å²) in [6.07, 6.45) is 11.8. The van der Waals surface area contributed by atoms with Crippen LogP contribution in [0.1, 0.15) is 53.4 Å². The Kier molecular flexibility index (Phi) is 8.99. The molecule has 0 saturated heterocycles. The Morgan fingerprint density at radius 1 is 1.17 bits per heavy atom.